The van der Waals surface area contributed by atoms with Crippen LogP contribution in [0.1, 0.15) is 5.56 Å². The number of amides is 1. The minimum atomic E-state index is -0.117. The van der Waals surface area contributed by atoms with Crippen molar-refractivity contribution < 1.29 is 19.0 Å². The Morgan fingerprint density at radius 3 is 2.26 bits per heavy atom. The fraction of sp³-hybridized carbons (Fsp3) is 0.333. The summed E-state index contributed by atoms with van der Waals surface area (Å²) < 4.78 is 15.8. The van der Waals surface area contributed by atoms with Gasteiger partial charge in [-0.15, -0.1) is 0 Å². The number of thioether (sulfide) groups is 1. The molecule has 6 nitrogen and oxygen atoms in total. The summed E-state index contributed by atoms with van der Waals surface area (Å²) in [6, 6.07) is 3.51. The smallest absolute Gasteiger partial charge is 0.250 e. The number of hydrazone groups is 1. The molecule has 0 unspecified atom stereocenters. The number of rotatable bonds is 4. The second-order valence-corrected chi connectivity index (χ2v) is 4.61. The molecule has 19 heavy (non-hydrogen) atoms. The van der Waals surface area contributed by atoms with Gasteiger partial charge in [0.1, 0.15) is 10.8 Å². The Kier molecular flexibility index (Phi) is 4.16. The number of hydrogen-bond acceptors (Lipinski definition) is 6. The molecule has 0 aliphatic carbocycles. The Balaban J connectivity index is 2.46. The van der Waals surface area contributed by atoms with Crippen molar-refractivity contribution in [1.29, 1.82) is 0 Å². The van der Waals surface area contributed by atoms with Crippen molar-refractivity contribution in [3.05, 3.63) is 17.7 Å². The number of carbonyl (C=O) groups is 1. The SMILES string of the molecule is COc1cc(OC)c(C2=NNC(=O)CS2)cc1OC. The van der Waals surface area contributed by atoms with Gasteiger partial charge in [-0.25, -0.2) is 5.43 Å². The Morgan fingerprint density at radius 1 is 1.11 bits per heavy atom. The van der Waals surface area contributed by atoms with Crippen LogP contribution < -0.4 is 19.6 Å². The highest BCUT2D eigenvalue weighted by Crippen LogP contribution is 2.36. The van der Waals surface area contributed by atoms with Gasteiger partial charge in [0.05, 0.1) is 32.6 Å². The van der Waals surface area contributed by atoms with Gasteiger partial charge in [-0.1, -0.05) is 11.8 Å². The van der Waals surface area contributed by atoms with Crippen LogP contribution in [-0.2, 0) is 4.79 Å². The van der Waals surface area contributed by atoms with Crippen LogP contribution in [0.25, 0.3) is 0 Å². The van der Waals surface area contributed by atoms with Gasteiger partial charge in [-0.05, 0) is 6.07 Å². The first-order chi connectivity index (χ1) is 9.19. The van der Waals surface area contributed by atoms with Crippen LogP contribution in [0.2, 0.25) is 0 Å². The van der Waals surface area contributed by atoms with Crippen LogP contribution >= 0.6 is 11.8 Å². The normalized spacial score (nSPS) is 14.5. The number of benzene rings is 1. The molecule has 0 fully saturated rings. The standard InChI is InChI=1S/C12H14N2O4S/c1-16-8-5-10(18-3)9(17-2)4-7(8)12-14-13-11(15)6-19-12/h4-5H,6H2,1-3H3,(H,13,15). The lowest BCUT2D eigenvalue weighted by atomic mass is 10.2. The molecule has 1 aromatic carbocycles. The second kappa shape index (κ2) is 5.83. The Bertz CT molecular complexity index is 531. The van der Waals surface area contributed by atoms with Gasteiger partial charge < -0.3 is 14.2 Å². The minimum absolute atomic E-state index is 0.117. The van der Waals surface area contributed by atoms with Gasteiger partial charge in [0.2, 0.25) is 0 Å². The molecule has 0 radical (unpaired) electrons. The van der Waals surface area contributed by atoms with Crippen LogP contribution in [0.3, 0.4) is 0 Å². The van der Waals surface area contributed by atoms with Gasteiger partial charge in [0.15, 0.2) is 11.5 Å². The van der Waals surface area contributed by atoms with Crippen molar-refractivity contribution in [2.75, 3.05) is 27.1 Å². The Hall–Kier alpha value is -1.89. The Labute approximate surface area is 115 Å². The quantitative estimate of drug-likeness (QED) is 0.899. The molecule has 1 aliphatic rings. The highest BCUT2D eigenvalue weighted by atomic mass is 32.2. The lowest BCUT2D eigenvalue weighted by molar-refractivity contribution is -0.118. The zero-order valence-corrected chi connectivity index (χ0v) is 11.7. The molecule has 2 rings (SSSR count). The first-order valence-corrected chi connectivity index (χ1v) is 6.48. The number of ether oxygens (including phenoxy) is 3. The third-order valence-corrected chi connectivity index (χ3v) is 3.55. The molecule has 1 amide bonds. The van der Waals surface area contributed by atoms with E-state index in [1.807, 2.05) is 0 Å². The van der Waals surface area contributed by atoms with Crippen molar-refractivity contribution in [1.82, 2.24) is 5.43 Å². The molecular formula is C12H14N2O4S. The lowest BCUT2D eigenvalue weighted by Gasteiger charge is -2.17. The summed E-state index contributed by atoms with van der Waals surface area (Å²) in [4.78, 5) is 11.1. The number of nitrogens with zero attached hydrogens (tertiary/aromatic N) is 1. The van der Waals surface area contributed by atoms with Crippen molar-refractivity contribution in [3.8, 4) is 17.2 Å². The topological polar surface area (TPSA) is 69.2 Å². The zero-order valence-electron chi connectivity index (χ0n) is 10.9. The third kappa shape index (κ3) is 2.76. The summed E-state index contributed by atoms with van der Waals surface area (Å²) in [6.45, 7) is 0. The molecule has 0 saturated carbocycles. The van der Waals surface area contributed by atoms with Crippen LogP contribution in [0.5, 0.6) is 17.2 Å². The monoisotopic (exact) mass is 282 g/mol. The average Bonchev–Trinajstić information content (AvgIpc) is 2.46. The highest BCUT2D eigenvalue weighted by molar-refractivity contribution is 8.15. The molecule has 0 spiro atoms. The lowest BCUT2D eigenvalue weighted by Crippen LogP contribution is -2.26. The molecule has 0 aromatic heterocycles. The van der Waals surface area contributed by atoms with E-state index in [2.05, 4.69) is 10.5 Å². The van der Waals surface area contributed by atoms with Crippen molar-refractivity contribution >= 4 is 22.7 Å². The molecule has 102 valence electrons. The van der Waals surface area contributed by atoms with Gasteiger partial charge in [-0.3, -0.25) is 4.79 Å². The third-order valence-electron chi connectivity index (χ3n) is 2.56. The predicted octanol–water partition coefficient (Wildman–Crippen LogP) is 1.24. The molecule has 0 atom stereocenters. The zero-order chi connectivity index (χ0) is 13.8. The van der Waals surface area contributed by atoms with Crippen LogP contribution in [0, 0.1) is 0 Å². The molecule has 1 heterocycles. The van der Waals surface area contributed by atoms with E-state index in [0.717, 1.165) is 5.56 Å². The number of methoxy groups -OCH3 is 3. The van der Waals surface area contributed by atoms with Gasteiger partial charge >= 0.3 is 0 Å². The maximum absolute atomic E-state index is 11.1. The molecule has 7 heteroatoms. The minimum Gasteiger partial charge on any atom is -0.496 e. The number of hydrogen-bond donors (Lipinski definition) is 1. The van der Waals surface area contributed by atoms with E-state index >= 15 is 0 Å². The highest BCUT2D eigenvalue weighted by Gasteiger charge is 2.20. The Morgan fingerprint density at radius 2 is 1.74 bits per heavy atom. The summed E-state index contributed by atoms with van der Waals surface area (Å²) in [5.74, 6) is 1.98. The summed E-state index contributed by atoms with van der Waals surface area (Å²) in [5.41, 5.74) is 3.20. The van der Waals surface area contributed by atoms with Crippen molar-refractivity contribution in [2.24, 2.45) is 5.10 Å². The van der Waals surface area contributed by atoms with E-state index in [0.29, 0.717) is 28.0 Å². The fourth-order valence-electron chi connectivity index (χ4n) is 1.65. The molecule has 1 aromatic rings. The van der Waals surface area contributed by atoms with Crippen molar-refractivity contribution in [3.63, 3.8) is 0 Å². The number of nitrogens with one attached hydrogen (secondary N) is 1. The predicted molar refractivity (Wildman–Crippen MR) is 73.2 cm³/mol. The first kappa shape index (κ1) is 13.5. The molecule has 1 aliphatic heterocycles. The van der Waals surface area contributed by atoms with Crippen molar-refractivity contribution in [2.45, 2.75) is 0 Å². The second-order valence-electron chi connectivity index (χ2n) is 3.65. The summed E-state index contributed by atoms with van der Waals surface area (Å²) in [7, 11) is 4.69. The maximum Gasteiger partial charge on any atom is 0.250 e. The van der Waals surface area contributed by atoms with Crippen LogP contribution in [0.15, 0.2) is 17.2 Å². The molecule has 0 saturated heterocycles. The number of carbonyl (C=O) groups excluding carboxylic acids is 1. The van der Waals surface area contributed by atoms with E-state index in [1.165, 1.54) is 11.8 Å². The van der Waals surface area contributed by atoms with Crippen LogP contribution in [-0.4, -0.2) is 38.0 Å². The van der Waals surface area contributed by atoms with E-state index < -0.39 is 0 Å². The summed E-state index contributed by atoms with van der Waals surface area (Å²) in [6.07, 6.45) is 0. The summed E-state index contributed by atoms with van der Waals surface area (Å²) >= 11 is 1.35. The van der Waals surface area contributed by atoms with Gasteiger partial charge in [-0.2, -0.15) is 5.10 Å². The maximum atomic E-state index is 11.1. The molecule has 1 N–H and O–H groups in total. The van der Waals surface area contributed by atoms with E-state index in [1.54, 1.807) is 33.5 Å². The average molecular weight is 282 g/mol. The van der Waals surface area contributed by atoms with E-state index in [9.17, 15) is 4.79 Å². The summed E-state index contributed by atoms with van der Waals surface area (Å²) in [5, 5.41) is 4.70. The molecule has 0 bridgehead atoms. The van der Waals surface area contributed by atoms with Gasteiger partial charge in [0.25, 0.3) is 5.91 Å². The largest absolute Gasteiger partial charge is 0.496 e. The van der Waals surface area contributed by atoms with E-state index in [-0.39, 0.29) is 5.91 Å². The van der Waals surface area contributed by atoms with E-state index in [4.69, 9.17) is 14.2 Å². The fourth-order valence-corrected chi connectivity index (χ4v) is 2.40. The van der Waals surface area contributed by atoms with Crippen LogP contribution in [0.4, 0.5) is 0 Å². The first-order valence-electron chi connectivity index (χ1n) is 5.49. The molecular weight excluding hydrogens is 268 g/mol. The van der Waals surface area contributed by atoms with Gasteiger partial charge in [0, 0.05) is 6.07 Å².